The number of nitrogens with zero attached hydrogens (tertiary/aromatic N) is 1. The molecule has 33 heavy (non-hydrogen) atoms. The van der Waals surface area contributed by atoms with E-state index in [-0.39, 0.29) is 12.3 Å². The Labute approximate surface area is 200 Å². The number of thiazole rings is 1. The number of aromatic nitrogens is 1. The average molecular weight is 464 g/mol. The zero-order valence-corrected chi connectivity index (χ0v) is 20.1. The molecule has 0 bridgehead atoms. The Kier molecular flexibility index (Phi) is 10.1. The second kappa shape index (κ2) is 13.5. The molecule has 0 fully saturated rings. The van der Waals surface area contributed by atoms with Gasteiger partial charge in [0.1, 0.15) is 6.29 Å². The molecule has 1 amide bonds. The van der Waals surface area contributed by atoms with Crippen LogP contribution in [0.25, 0.3) is 0 Å². The van der Waals surface area contributed by atoms with Crippen LogP contribution in [0.1, 0.15) is 72.6 Å². The lowest BCUT2D eigenvalue weighted by molar-refractivity contribution is -0.107. The molecule has 5 nitrogen and oxygen atoms in total. The van der Waals surface area contributed by atoms with Gasteiger partial charge in [-0.25, -0.2) is 4.98 Å². The smallest absolute Gasteiger partial charge is 0.257 e. The maximum Gasteiger partial charge on any atom is 0.257 e. The number of carbonyl (C=O) groups excluding carboxylic acids is 2. The monoisotopic (exact) mass is 463 g/mol. The van der Waals surface area contributed by atoms with E-state index in [4.69, 9.17) is 0 Å². The van der Waals surface area contributed by atoms with Crippen molar-refractivity contribution in [3.05, 3.63) is 76.3 Å². The van der Waals surface area contributed by atoms with Gasteiger partial charge in [-0.1, -0.05) is 63.3 Å². The number of benzene rings is 2. The van der Waals surface area contributed by atoms with E-state index < -0.39 is 0 Å². The van der Waals surface area contributed by atoms with Crippen LogP contribution in [0.3, 0.4) is 0 Å². The molecule has 3 rings (SSSR count). The number of anilines is 2. The van der Waals surface area contributed by atoms with Gasteiger partial charge in [0.05, 0.1) is 5.69 Å². The summed E-state index contributed by atoms with van der Waals surface area (Å²) in [4.78, 5) is 27.3. The first-order valence-corrected chi connectivity index (χ1v) is 12.7. The molecule has 2 aromatic carbocycles. The van der Waals surface area contributed by atoms with Crippen LogP contribution in [-0.2, 0) is 24.2 Å². The molecular weight excluding hydrogens is 430 g/mol. The van der Waals surface area contributed by atoms with E-state index in [9.17, 15) is 9.59 Å². The normalized spacial score (nSPS) is 10.7. The fourth-order valence-corrected chi connectivity index (χ4v) is 4.44. The lowest BCUT2D eigenvalue weighted by atomic mass is 10.0. The molecule has 0 atom stereocenters. The van der Waals surface area contributed by atoms with E-state index in [0.717, 1.165) is 24.9 Å². The summed E-state index contributed by atoms with van der Waals surface area (Å²) >= 11 is 1.32. The number of unbranched alkanes of at least 4 members (excludes halogenated alkanes) is 5. The van der Waals surface area contributed by atoms with Crippen molar-refractivity contribution in [2.75, 3.05) is 10.6 Å². The number of nitrogens with one attached hydrogen (secondary N) is 2. The Bertz CT molecular complexity index is 1010. The Morgan fingerprint density at radius 2 is 1.70 bits per heavy atom. The molecule has 0 saturated heterocycles. The number of rotatable bonds is 14. The molecule has 0 radical (unpaired) electrons. The van der Waals surface area contributed by atoms with Crippen molar-refractivity contribution in [1.29, 1.82) is 0 Å². The third-order valence-electron chi connectivity index (χ3n) is 5.61. The van der Waals surface area contributed by atoms with Crippen molar-refractivity contribution >= 4 is 34.3 Å². The molecule has 3 aromatic rings. The zero-order valence-electron chi connectivity index (χ0n) is 19.3. The van der Waals surface area contributed by atoms with Gasteiger partial charge in [-0.2, -0.15) is 0 Å². The van der Waals surface area contributed by atoms with Gasteiger partial charge in [0, 0.05) is 29.6 Å². The largest absolute Gasteiger partial charge is 0.381 e. The van der Waals surface area contributed by atoms with Crippen molar-refractivity contribution in [3.8, 4) is 0 Å². The molecule has 174 valence electrons. The van der Waals surface area contributed by atoms with Crippen LogP contribution in [0.4, 0.5) is 10.8 Å². The van der Waals surface area contributed by atoms with E-state index in [1.165, 1.54) is 61.0 Å². The first-order chi connectivity index (χ1) is 16.2. The van der Waals surface area contributed by atoms with Gasteiger partial charge in [-0.15, -0.1) is 11.3 Å². The third-order valence-corrected chi connectivity index (χ3v) is 6.42. The summed E-state index contributed by atoms with van der Waals surface area (Å²) in [5.74, 6) is -0.210. The summed E-state index contributed by atoms with van der Waals surface area (Å²) in [5, 5.41) is 8.55. The quantitative estimate of drug-likeness (QED) is 0.207. The fourth-order valence-electron chi connectivity index (χ4n) is 3.72. The summed E-state index contributed by atoms with van der Waals surface area (Å²) in [7, 11) is 0. The molecule has 0 spiro atoms. The van der Waals surface area contributed by atoms with Gasteiger partial charge in [0.2, 0.25) is 0 Å². The summed E-state index contributed by atoms with van der Waals surface area (Å²) in [6, 6.07) is 16.1. The highest BCUT2D eigenvalue weighted by Crippen LogP contribution is 2.19. The second-order valence-corrected chi connectivity index (χ2v) is 9.04. The highest BCUT2D eigenvalue weighted by Gasteiger charge is 2.09. The molecule has 6 heteroatoms. The molecule has 0 aliphatic heterocycles. The van der Waals surface area contributed by atoms with Gasteiger partial charge in [-0.05, 0) is 48.2 Å². The average Bonchev–Trinajstić information content (AvgIpc) is 3.28. The van der Waals surface area contributed by atoms with Crippen LogP contribution < -0.4 is 10.6 Å². The maximum atomic E-state index is 12.5. The predicted octanol–water partition coefficient (Wildman–Crippen LogP) is 6.65. The summed E-state index contributed by atoms with van der Waals surface area (Å²) < 4.78 is 0. The first kappa shape index (κ1) is 24.6. The Balaban J connectivity index is 1.49. The van der Waals surface area contributed by atoms with Crippen molar-refractivity contribution in [3.63, 3.8) is 0 Å². The minimum atomic E-state index is -0.210. The Morgan fingerprint density at radius 3 is 2.45 bits per heavy atom. The van der Waals surface area contributed by atoms with Gasteiger partial charge in [0.25, 0.3) is 5.91 Å². The highest BCUT2D eigenvalue weighted by atomic mass is 32.1. The van der Waals surface area contributed by atoms with E-state index in [0.29, 0.717) is 16.4 Å². The highest BCUT2D eigenvalue weighted by molar-refractivity contribution is 7.14. The molecule has 1 aromatic heterocycles. The molecule has 0 saturated carbocycles. The standard InChI is InChI=1S/C27H33N3O2S/c1-2-3-4-5-6-7-10-21-11-8-9-12-23(21)19-28-24-15-13-22(14-16-24)26(32)30-27-29-25(17-18-31)20-33-27/h8-9,11-16,18,20,28H,2-7,10,17,19H2,1H3,(H,29,30,32). The van der Waals surface area contributed by atoms with Crippen LogP contribution in [0, 0.1) is 0 Å². The van der Waals surface area contributed by atoms with Crippen molar-refractivity contribution in [2.24, 2.45) is 0 Å². The molecule has 1 heterocycles. The van der Waals surface area contributed by atoms with Crippen LogP contribution in [0.15, 0.2) is 53.9 Å². The first-order valence-electron chi connectivity index (χ1n) is 11.8. The number of carbonyl (C=O) groups is 2. The fraction of sp³-hybridized carbons (Fsp3) is 0.370. The minimum absolute atomic E-state index is 0.210. The molecular formula is C27H33N3O2S. The van der Waals surface area contributed by atoms with Gasteiger partial charge in [0.15, 0.2) is 5.13 Å². The number of hydrogen-bond donors (Lipinski definition) is 2. The number of aldehydes is 1. The molecule has 2 N–H and O–H groups in total. The van der Waals surface area contributed by atoms with Crippen molar-refractivity contribution < 1.29 is 9.59 Å². The summed E-state index contributed by atoms with van der Waals surface area (Å²) in [6.45, 7) is 3.01. The second-order valence-electron chi connectivity index (χ2n) is 8.19. The zero-order chi connectivity index (χ0) is 23.3. The van der Waals surface area contributed by atoms with E-state index in [1.54, 1.807) is 17.5 Å². The van der Waals surface area contributed by atoms with Crippen molar-refractivity contribution in [1.82, 2.24) is 4.98 Å². The third kappa shape index (κ3) is 8.13. The molecule has 0 aliphatic carbocycles. The molecule has 0 aliphatic rings. The number of amides is 1. The van der Waals surface area contributed by atoms with Crippen molar-refractivity contribution in [2.45, 2.75) is 64.8 Å². The SMILES string of the molecule is CCCCCCCCc1ccccc1CNc1ccc(C(=O)Nc2nc(CC=O)cs2)cc1. The topological polar surface area (TPSA) is 71.1 Å². The van der Waals surface area contributed by atoms with Crippen LogP contribution >= 0.6 is 11.3 Å². The van der Waals surface area contributed by atoms with Crippen LogP contribution in [0.5, 0.6) is 0 Å². The lowest BCUT2D eigenvalue weighted by Crippen LogP contribution is -2.12. The Morgan fingerprint density at radius 1 is 0.970 bits per heavy atom. The maximum absolute atomic E-state index is 12.5. The van der Waals surface area contributed by atoms with E-state index in [2.05, 4.69) is 46.8 Å². The van der Waals surface area contributed by atoms with Gasteiger partial charge >= 0.3 is 0 Å². The number of aryl methyl sites for hydroxylation is 1. The van der Waals surface area contributed by atoms with Crippen LogP contribution in [-0.4, -0.2) is 17.2 Å². The van der Waals surface area contributed by atoms with Gasteiger partial charge < -0.3 is 10.1 Å². The van der Waals surface area contributed by atoms with E-state index >= 15 is 0 Å². The summed E-state index contributed by atoms with van der Waals surface area (Å²) in [5.41, 5.74) is 4.94. The minimum Gasteiger partial charge on any atom is -0.381 e. The Hall–Kier alpha value is -2.99. The van der Waals surface area contributed by atoms with E-state index in [1.807, 2.05) is 12.1 Å². The lowest BCUT2D eigenvalue weighted by Gasteiger charge is -2.12. The van der Waals surface area contributed by atoms with Crippen LogP contribution in [0.2, 0.25) is 0 Å². The molecule has 0 unspecified atom stereocenters. The van der Waals surface area contributed by atoms with Gasteiger partial charge in [-0.3, -0.25) is 10.1 Å². The summed E-state index contributed by atoms with van der Waals surface area (Å²) in [6.07, 6.45) is 10.0. The number of hydrogen-bond acceptors (Lipinski definition) is 5. The predicted molar refractivity (Wildman–Crippen MR) is 137 cm³/mol.